The van der Waals surface area contributed by atoms with Crippen molar-refractivity contribution in [3.8, 4) is 0 Å². The number of imide groups is 1. The molecular weight excluding hydrogens is 469 g/mol. The minimum Gasteiger partial charge on any atom is -0.272 e. The quantitative estimate of drug-likeness (QED) is 0.338. The number of carbonyl (C=O) groups excluding carboxylic acids is 3. The second-order valence-corrected chi connectivity index (χ2v) is 9.37. The van der Waals surface area contributed by atoms with E-state index in [1.54, 1.807) is 12.1 Å². The number of hydrogen-bond donors (Lipinski definition) is 0. The highest BCUT2D eigenvalue weighted by molar-refractivity contribution is 6.35. The maximum Gasteiger partial charge on any atom is 0.273 e. The van der Waals surface area contributed by atoms with Crippen molar-refractivity contribution < 1.29 is 19.3 Å². The number of hydrogen-bond acceptors (Lipinski definition) is 5. The molecule has 4 rings (SSSR count). The largest absolute Gasteiger partial charge is 0.273 e. The summed E-state index contributed by atoms with van der Waals surface area (Å²) in [4.78, 5) is 50.5. The van der Waals surface area contributed by atoms with E-state index >= 15 is 0 Å². The van der Waals surface area contributed by atoms with Gasteiger partial charge in [0.05, 0.1) is 23.3 Å². The Hall–Kier alpha value is -2.97. The number of non-ortho nitro benzene ring substituents is 1. The molecule has 1 saturated carbocycles. The Morgan fingerprint density at radius 2 is 1.76 bits per heavy atom. The highest BCUT2D eigenvalue weighted by Crippen LogP contribution is 2.41. The zero-order chi connectivity index (χ0) is 23.9. The lowest BCUT2D eigenvalue weighted by molar-refractivity contribution is -0.384. The molecule has 1 aliphatic heterocycles. The van der Waals surface area contributed by atoms with Gasteiger partial charge in [0.15, 0.2) is 0 Å². The van der Waals surface area contributed by atoms with Crippen LogP contribution in [-0.4, -0.2) is 32.7 Å². The molecule has 0 bridgehead atoms. The predicted octanol–water partition coefficient (Wildman–Crippen LogP) is 4.88. The van der Waals surface area contributed by atoms with Crippen molar-refractivity contribution >= 4 is 46.6 Å². The van der Waals surface area contributed by atoms with E-state index in [2.05, 4.69) is 0 Å². The van der Waals surface area contributed by atoms with Crippen LogP contribution in [0.5, 0.6) is 0 Å². The molecule has 1 aliphatic carbocycles. The molecule has 1 saturated heterocycles. The third-order valence-electron chi connectivity index (χ3n) is 6.30. The zero-order valence-electron chi connectivity index (χ0n) is 17.7. The van der Waals surface area contributed by atoms with E-state index in [0.717, 1.165) is 16.4 Å². The molecule has 0 aromatic heterocycles. The van der Waals surface area contributed by atoms with Crippen LogP contribution in [0.3, 0.4) is 0 Å². The summed E-state index contributed by atoms with van der Waals surface area (Å²) in [5, 5.41) is 13.7. The minimum atomic E-state index is -0.635. The fraction of sp³-hybridized carbons (Fsp3) is 0.348. The van der Waals surface area contributed by atoms with Crippen molar-refractivity contribution in [3.63, 3.8) is 0 Å². The van der Waals surface area contributed by atoms with E-state index < -0.39 is 34.5 Å². The first-order chi connectivity index (χ1) is 15.7. The summed E-state index contributed by atoms with van der Waals surface area (Å²) in [5.41, 5.74) is 0.432. The van der Waals surface area contributed by atoms with Gasteiger partial charge in [0.1, 0.15) is 0 Å². The molecule has 8 nitrogen and oxygen atoms in total. The van der Waals surface area contributed by atoms with Gasteiger partial charge in [0, 0.05) is 27.7 Å². The lowest BCUT2D eigenvalue weighted by Gasteiger charge is -2.31. The summed E-state index contributed by atoms with van der Waals surface area (Å²) in [6, 6.07) is 9.76. The topological polar surface area (TPSA) is 101 Å². The Labute approximate surface area is 200 Å². The third-order valence-corrected chi connectivity index (χ3v) is 6.89. The van der Waals surface area contributed by atoms with Gasteiger partial charge in [-0.1, -0.05) is 36.2 Å². The number of hydrazine groups is 1. The zero-order valence-corrected chi connectivity index (χ0v) is 19.3. The van der Waals surface area contributed by atoms with Gasteiger partial charge in [-0.2, -0.15) is 5.01 Å². The first-order valence-electron chi connectivity index (χ1n) is 10.6. The van der Waals surface area contributed by atoms with Crippen molar-refractivity contribution in [3.05, 3.63) is 73.8 Å². The Balaban J connectivity index is 1.72. The lowest BCUT2D eigenvalue weighted by atomic mass is 9.76. The van der Waals surface area contributed by atoms with Gasteiger partial charge in [0.2, 0.25) is 0 Å². The van der Waals surface area contributed by atoms with Crippen molar-refractivity contribution in [1.29, 1.82) is 0 Å². The molecule has 0 spiro atoms. The smallest absolute Gasteiger partial charge is 0.272 e. The fourth-order valence-corrected chi connectivity index (χ4v) is 5.00. The van der Waals surface area contributed by atoms with Crippen LogP contribution in [0.4, 0.5) is 5.69 Å². The van der Waals surface area contributed by atoms with Gasteiger partial charge in [-0.05, 0) is 55.0 Å². The van der Waals surface area contributed by atoms with Crippen molar-refractivity contribution in [2.75, 3.05) is 0 Å². The Morgan fingerprint density at radius 1 is 1.09 bits per heavy atom. The second kappa shape index (κ2) is 9.11. The molecule has 33 heavy (non-hydrogen) atoms. The van der Waals surface area contributed by atoms with E-state index in [4.69, 9.17) is 23.2 Å². The highest BCUT2D eigenvalue weighted by Gasteiger charge is 2.52. The number of carbonyl (C=O) groups is 3. The third kappa shape index (κ3) is 4.45. The van der Waals surface area contributed by atoms with Crippen LogP contribution in [-0.2, 0) is 16.1 Å². The van der Waals surface area contributed by atoms with Gasteiger partial charge in [-0.25, -0.2) is 5.01 Å². The second-order valence-electron chi connectivity index (χ2n) is 8.52. The van der Waals surface area contributed by atoms with Crippen LogP contribution in [0, 0.1) is 27.9 Å². The number of nitro groups is 1. The normalized spacial score (nSPS) is 22.3. The van der Waals surface area contributed by atoms with E-state index in [1.165, 1.54) is 30.3 Å². The van der Waals surface area contributed by atoms with Gasteiger partial charge < -0.3 is 0 Å². The van der Waals surface area contributed by atoms with Gasteiger partial charge in [0.25, 0.3) is 23.4 Å². The van der Waals surface area contributed by atoms with E-state index in [1.807, 2.05) is 6.92 Å². The summed E-state index contributed by atoms with van der Waals surface area (Å²) in [7, 11) is 0. The number of fused-ring (bicyclic) bond motifs is 1. The fourth-order valence-electron chi connectivity index (χ4n) is 4.53. The Morgan fingerprint density at radius 3 is 2.39 bits per heavy atom. The van der Waals surface area contributed by atoms with Gasteiger partial charge in [-0.3, -0.25) is 24.5 Å². The number of rotatable bonds is 5. The molecule has 3 atom stereocenters. The minimum absolute atomic E-state index is 0.106. The van der Waals surface area contributed by atoms with Crippen LogP contribution >= 0.6 is 23.2 Å². The van der Waals surface area contributed by atoms with Gasteiger partial charge >= 0.3 is 0 Å². The monoisotopic (exact) mass is 489 g/mol. The first-order valence-corrected chi connectivity index (χ1v) is 11.3. The van der Waals surface area contributed by atoms with Crippen molar-refractivity contribution in [2.24, 2.45) is 17.8 Å². The number of nitrogens with zero attached hydrogens (tertiary/aromatic N) is 3. The predicted molar refractivity (Wildman–Crippen MR) is 121 cm³/mol. The van der Waals surface area contributed by atoms with Gasteiger partial charge in [-0.15, -0.1) is 0 Å². The SMILES string of the molecule is C[C@@H]1CC[C@H]2C(=O)N(N(Cc3ccc(Cl)cc3Cl)C(=O)c3ccc([N+](=O)[O-])cc3)C(=O)[C@@H]2C1. The van der Waals surface area contributed by atoms with Crippen molar-refractivity contribution in [1.82, 2.24) is 10.0 Å². The molecule has 0 unspecified atom stereocenters. The summed E-state index contributed by atoms with van der Waals surface area (Å²) < 4.78 is 0. The summed E-state index contributed by atoms with van der Waals surface area (Å²) in [6.07, 6.45) is 2.02. The van der Waals surface area contributed by atoms with Crippen LogP contribution in [0.2, 0.25) is 10.0 Å². The summed E-state index contributed by atoms with van der Waals surface area (Å²) in [5.74, 6) is -2.05. The number of nitro benzene ring substituents is 1. The standard InChI is InChI=1S/C23H21Cl2N3O5/c1-13-2-9-18-19(10-13)23(31)27(22(18)30)26(12-15-3-6-16(24)11-20(15)25)21(29)14-4-7-17(8-5-14)28(32)33/h3-8,11,13,18-19H,2,9-10,12H2,1H3/t13-,18-,19-/m1/s1. The average Bonchev–Trinajstić information content (AvgIpc) is 3.02. The van der Waals surface area contributed by atoms with Crippen LogP contribution in [0.1, 0.15) is 42.1 Å². The first kappa shape index (κ1) is 23.2. The molecule has 2 aromatic rings. The summed E-state index contributed by atoms with van der Waals surface area (Å²) in [6.45, 7) is 1.90. The molecule has 0 radical (unpaired) electrons. The molecular formula is C23H21Cl2N3O5. The molecule has 2 aliphatic rings. The summed E-state index contributed by atoms with van der Waals surface area (Å²) >= 11 is 12.3. The number of halogens is 2. The molecule has 0 N–H and O–H groups in total. The Bertz CT molecular complexity index is 1140. The van der Waals surface area contributed by atoms with Crippen LogP contribution in [0.25, 0.3) is 0 Å². The molecule has 10 heteroatoms. The molecule has 2 fully saturated rings. The highest BCUT2D eigenvalue weighted by atomic mass is 35.5. The van der Waals surface area contributed by atoms with E-state index in [0.29, 0.717) is 29.3 Å². The molecule has 1 heterocycles. The molecule has 2 aromatic carbocycles. The molecule has 172 valence electrons. The average molecular weight is 490 g/mol. The van der Waals surface area contributed by atoms with E-state index in [9.17, 15) is 24.5 Å². The number of amides is 3. The van der Waals surface area contributed by atoms with Crippen LogP contribution < -0.4 is 0 Å². The van der Waals surface area contributed by atoms with Crippen molar-refractivity contribution in [2.45, 2.75) is 32.7 Å². The van der Waals surface area contributed by atoms with E-state index in [-0.39, 0.29) is 22.8 Å². The maximum atomic E-state index is 13.5. The molecule has 3 amide bonds. The van der Waals surface area contributed by atoms with Crippen LogP contribution in [0.15, 0.2) is 42.5 Å². The lowest BCUT2D eigenvalue weighted by Crippen LogP contribution is -2.49. The number of benzene rings is 2. The maximum absolute atomic E-state index is 13.5. The Kier molecular flexibility index (Phi) is 6.41.